The Labute approximate surface area is 214 Å². The SMILES string of the molecule is CCN(Nc1nc(Nc2ccc3c(c2)C(C)(C)CCC(=O)N3C)ncc1Cl)C(=O)c1cccc(F)c1. The van der Waals surface area contributed by atoms with Crippen LogP contribution in [0.2, 0.25) is 5.02 Å². The Balaban J connectivity index is 1.58. The molecule has 2 heterocycles. The van der Waals surface area contributed by atoms with Crippen LogP contribution in [-0.2, 0) is 10.2 Å². The molecule has 0 bridgehead atoms. The van der Waals surface area contributed by atoms with E-state index in [0.717, 1.165) is 23.4 Å². The van der Waals surface area contributed by atoms with Crippen molar-refractivity contribution in [2.75, 3.05) is 29.2 Å². The van der Waals surface area contributed by atoms with E-state index in [1.54, 1.807) is 18.9 Å². The molecule has 0 atom stereocenters. The summed E-state index contributed by atoms with van der Waals surface area (Å²) in [6.45, 7) is 6.30. The highest BCUT2D eigenvalue weighted by molar-refractivity contribution is 6.32. The van der Waals surface area contributed by atoms with Crippen LogP contribution in [0.4, 0.5) is 27.5 Å². The van der Waals surface area contributed by atoms with Crippen molar-refractivity contribution in [3.05, 3.63) is 70.6 Å². The van der Waals surface area contributed by atoms with Gasteiger partial charge in [-0.1, -0.05) is 31.5 Å². The fourth-order valence-electron chi connectivity index (χ4n) is 4.12. The molecule has 10 heteroatoms. The predicted octanol–water partition coefficient (Wildman–Crippen LogP) is 5.54. The van der Waals surface area contributed by atoms with E-state index in [9.17, 15) is 14.0 Å². The molecule has 1 aromatic heterocycles. The van der Waals surface area contributed by atoms with Gasteiger partial charge in [0, 0.05) is 37.0 Å². The first-order valence-electron chi connectivity index (χ1n) is 11.6. The summed E-state index contributed by atoms with van der Waals surface area (Å²) in [6, 6.07) is 11.2. The lowest BCUT2D eigenvalue weighted by Crippen LogP contribution is -2.36. The average Bonchev–Trinajstić information content (AvgIpc) is 2.94. The molecule has 2 aromatic carbocycles. The Hall–Kier alpha value is -3.72. The van der Waals surface area contributed by atoms with E-state index in [2.05, 4.69) is 34.6 Å². The van der Waals surface area contributed by atoms with Gasteiger partial charge in [0.2, 0.25) is 11.9 Å². The first kappa shape index (κ1) is 25.4. The van der Waals surface area contributed by atoms with Crippen LogP contribution >= 0.6 is 11.6 Å². The number of aromatic nitrogens is 2. The van der Waals surface area contributed by atoms with E-state index < -0.39 is 11.7 Å². The van der Waals surface area contributed by atoms with Gasteiger partial charge in [0.1, 0.15) is 10.8 Å². The number of nitrogens with one attached hydrogen (secondary N) is 2. The number of hydrazine groups is 1. The lowest BCUT2D eigenvalue weighted by Gasteiger charge is -2.27. The van der Waals surface area contributed by atoms with E-state index in [0.29, 0.717) is 6.42 Å². The fourth-order valence-corrected chi connectivity index (χ4v) is 4.25. The van der Waals surface area contributed by atoms with Crippen LogP contribution in [0.1, 0.15) is 49.5 Å². The molecule has 0 aliphatic carbocycles. The molecule has 0 radical (unpaired) electrons. The summed E-state index contributed by atoms with van der Waals surface area (Å²) in [5.74, 6) is -0.337. The average molecular weight is 511 g/mol. The van der Waals surface area contributed by atoms with Crippen molar-refractivity contribution in [2.45, 2.75) is 39.0 Å². The number of anilines is 4. The Bertz CT molecular complexity index is 1320. The minimum absolute atomic E-state index is 0.0903. The van der Waals surface area contributed by atoms with E-state index in [1.165, 1.54) is 35.5 Å². The summed E-state index contributed by atoms with van der Waals surface area (Å²) >= 11 is 6.31. The van der Waals surface area contributed by atoms with Gasteiger partial charge in [0.15, 0.2) is 5.82 Å². The van der Waals surface area contributed by atoms with Crippen LogP contribution in [-0.4, -0.2) is 40.4 Å². The fraction of sp³-hybridized carbons (Fsp3) is 0.308. The van der Waals surface area contributed by atoms with Gasteiger partial charge in [-0.25, -0.2) is 9.37 Å². The third kappa shape index (κ3) is 5.26. The number of benzene rings is 2. The second-order valence-corrected chi connectivity index (χ2v) is 9.66. The van der Waals surface area contributed by atoms with Crippen LogP contribution in [0.25, 0.3) is 0 Å². The van der Waals surface area contributed by atoms with Crippen LogP contribution in [0, 0.1) is 5.82 Å². The number of carbonyl (C=O) groups is 2. The summed E-state index contributed by atoms with van der Waals surface area (Å²) in [5, 5.41) is 4.70. The molecule has 1 aliphatic heterocycles. The van der Waals surface area contributed by atoms with Crippen LogP contribution < -0.4 is 15.6 Å². The van der Waals surface area contributed by atoms with Gasteiger partial charge in [-0.15, -0.1) is 0 Å². The van der Waals surface area contributed by atoms with Gasteiger partial charge in [-0.05, 0) is 60.7 Å². The Morgan fingerprint density at radius 3 is 2.75 bits per heavy atom. The summed E-state index contributed by atoms with van der Waals surface area (Å²) in [5.41, 5.74) is 5.60. The maximum Gasteiger partial charge on any atom is 0.272 e. The van der Waals surface area contributed by atoms with Crippen LogP contribution in [0.15, 0.2) is 48.7 Å². The van der Waals surface area contributed by atoms with Gasteiger partial charge in [0.05, 0.1) is 6.20 Å². The minimum atomic E-state index is -0.497. The maximum atomic E-state index is 13.6. The number of fused-ring (bicyclic) bond motifs is 1. The first-order chi connectivity index (χ1) is 17.1. The molecular weight excluding hydrogens is 483 g/mol. The van der Waals surface area contributed by atoms with Gasteiger partial charge < -0.3 is 10.2 Å². The second kappa shape index (κ2) is 10.1. The zero-order valence-electron chi connectivity index (χ0n) is 20.6. The van der Waals surface area contributed by atoms with Crippen molar-refractivity contribution < 1.29 is 14.0 Å². The number of nitrogens with zero attached hydrogens (tertiary/aromatic N) is 4. The molecular formula is C26H28ClFN6O2. The van der Waals surface area contributed by atoms with Crippen molar-refractivity contribution in [1.29, 1.82) is 0 Å². The number of rotatable bonds is 6. The van der Waals surface area contributed by atoms with Crippen molar-refractivity contribution in [1.82, 2.24) is 15.0 Å². The van der Waals surface area contributed by atoms with E-state index in [-0.39, 0.29) is 40.2 Å². The molecule has 36 heavy (non-hydrogen) atoms. The molecule has 0 fully saturated rings. The van der Waals surface area contributed by atoms with E-state index >= 15 is 0 Å². The number of carbonyl (C=O) groups excluding carboxylic acids is 2. The van der Waals surface area contributed by atoms with E-state index in [1.807, 2.05) is 18.2 Å². The molecule has 3 aromatic rings. The molecule has 188 valence electrons. The highest BCUT2D eigenvalue weighted by atomic mass is 35.5. The molecule has 0 saturated heterocycles. The third-order valence-corrected chi connectivity index (χ3v) is 6.58. The summed E-state index contributed by atoms with van der Waals surface area (Å²) < 4.78 is 13.6. The summed E-state index contributed by atoms with van der Waals surface area (Å²) in [4.78, 5) is 35.7. The topological polar surface area (TPSA) is 90.5 Å². The van der Waals surface area contributed by atoms with E-state index in [4.69, 9.17) is 11.6 Å². The Morgan fingerprint density at radius 2 is 2.03 bits per heavy atom. The number of hydrogen-bond donors (Lipinski definition) is 2. The van der Waals surface area contributed by atoms with Gasteiger partial charge in [-0.3, -0.25) is 20.0 Å². The smallest absolute Gasteiger partial charge is 0.272 e. The van der Waals surface area contributed by atoms with Gasteiger partial charge in [-0.2, -0.15) is 4.98 Å². The number of halogens is 2. The highest BCUT2D eigenvalue weighted by Crippen LogP contribution is 2.40. The Morgan fingerprint density at radius 1 is 1.25 bits per heavy atom. The molecule has 0 unspecified atom stereocenters. The third-order valence-electron chi connectivity index (χ3n) is 6.30. The predicted molar refractivity (Wildman–Crippen MR) is 139 cm³/mol. The molecule has 1 aliphatic rings. The Kier molecular flexibility index (Phi) is 7.12. The minimum Gasteiger partial charge on any atom is -0.324 e. The second-order valence-electron chi connectivity index (χ2n) is 9.26. The van der Waals surface area contributed by atoms with Gasteiger partial charge >= 0.3 is 0 Å². The van der Waals surface area contributed by atoms with Gasteiger partial charge in [0.25, 0.3) is 5.91 Å². The molecule has 0 saturated carbocycles. The molecule has 2 N–H and O–H groups in total. The summed E-state index contributed by atoms with van der Waals surface area (Å²) in [7, 11) is 1.79. The zero-order valence-corrected chi connectivity index (χ0v) is 21.4. The highest BCUT2D eigenvalue weighted by Gasteiger charge is 2.31. The van der Waals surface area contributed by atoms with Crippen molar-refractivity contribution in [3.63, 3.8) is 0 Å². The first-order valence-corrected chi connectivity index (χ1v) is 12.0. The maximum absolute atomic E-state index is 13.6. The summed E-state index contributed by atoms with van der Waals surface area (Å²) in [6.07, 6.45) is 2.66. The lowest BCUT2D eigenvalue weighted by molar-refractivity contribution is -0.118. The quantitative estimate of drug-likeness (QED) is 0.423. The van der Waals surface area contributed by atoms with Crippen LogP contribution in [0.3, 0.4) is 0 Å². The lowest BCUT2D eigenvalue weighted by atomic mass is 9.80. The number of amides is 2. The standard InChI is InChI=1S/C26H28ClFN6O2/c1-5-34(24(36)16-7-6-8-17(28)13-16)32-23-20(27)15-29-25(31-23)30-18-9-10-21-19(14-18)26(2,3)12-11-22(35)33(21)4/h6-10,13-15H,5,11-12H2,1-4H3,(H2,29,30,31,32). The van der Waals surface area contributed by atoms with Crippen LogP contribution in [0.5, 0.6) is 0 Å². The molecule has 0 spiro atoms. The monoisotopic (exact) mass is 510 g/mol. The molecule has 8 nitrogen and oxygen atoms in total. The number of hydrogen-bond acceptors (Lipinski definition) is 6. The zero-order chi connectivity index (χ0) is 26.0. The van der Waals surface area contributed by atoms with Crippen molar-refractivity contribution in [3.8, 4) is 0 Å². The van der Waals surface area contributed by atoms with Crippen molar-refractivity contribution >= 4 is 46.6 Å². The van der Waals surface area contributed by atoms with Crippen molar-refractivity contribution in [2.24, 2.45) is 0 Å². The normalized spacial score (nSPS) is 14.6. The molecule has 4 rings (SSSR count). The largest absolute Gasteiger partial charge is 0.324 e. The molecule has 2 amide bonds.